The zero-order chi connectivity index (χ0) is 19.4. The number of hydrogen-bond acceptors (Lipinski definition) is 5. The van der Waals surface area contributed by atoms with Crippen molar-refractivity contribution < 1.29 is 9.18 Å². The molecule has 1 aromatic carbocycles. The molecule has 1 saturated heterocycles. The first-order valence-electron chi connectivity index (χ1n) is 9.29. The second kappa shape index (κ2) is 8.43. The number of nitrogens with zero attached hydrogens (tertiary/aromatic N) is 4. The van der Waals surface area contributed by atoms with Crippen LogP contribution in [0.5, 0.6) is 0 Å². The number of carbonyl (C=O) groups is 1. The Hall–Kier alpha value is -2.54. The van der Waals surface area contributed by atoms with Crippen LogP contribution in [0.15, 0.2) is 30.3 Å². The van der Waals surface area contributed by atoms with Gasteiger partial charge in [0.15, 0.2) is 0 Å². The number of aryl methyl sites for hydroxylation is 1. The van der Waals surface area contributed by atoms with E-state index in [4.69, 9.17) is 0 Å². The molecule has 1 aromatic heterocycles. The van der Waals surface area contributed by atoms with E-state index in [2.05, 4.69) is 38.9 Å². The van der Waals surface area contributed by atoms with Gasteiger partial charge in [0.2, 0.25) is 5.91 Å². The molecule has 0 aliphatic carbocycles. The van der Waals surface area contributed by atoms with Crippen molar-refractivity contribution in [2.75, 3.05) is 42.9 Å². The number of rotatable bonds is 5. The summed E-state index contributed by atoms with van der Waals surface area (Å²) in [5.74, 6) is 1.62. The number of carbonyl (C=O) groups excluding carboxylic acids is 1. The Balaban J connectivity index is 1.54. The lowest BCUT2D eigenvalue weighted by Gasteiger charge is -2.35. The van der Waals surface area contributed by atoms with Gasteiger partial charge in [-0.2, -0.15) is 0 Å². The van der Waals surface area contributed by atoms with Gasteiger partial charge in [0, 0.05) is 49.5 Å². The summed E-state index contributed by atoms with van der Waals surface area (Å²) in [5.41, 5.74) is 1.46. The molecule has 0 atom stereocenters. The number of amides is 1. The lowest BCUT2D eigenvalue weighted by molar-refractivity contribution is -0.117. The summed E-state index contributed by atoms with van der Waals surface area (Å²) in [4.78, 5) is 25.7. The van der Waals surface area contributed by atoms with E-state index < -0.39 is 0 Å². The van der Waals surface area contributed by atoms with Gasteiger partial charge in [-0.1, -0.05) is 19.9 Å². The summed E-state index contributed by atoms with van der Waals surface area (Å²) in [7, 11) is 0. The zero-order valence-corrected chi connectivity index (χ0v) is 16.1. The van der Waals surface area contributed by atoms with Gasteiger partial charge in [-0.05, 0) is 25.1 Å². The Morgan fingerprint density at radius 3 is 2.59 bits per heavy atom. The normalized spacial score (nSPS) is 15.2. The molecule has 0 saturated carbocycles. The first-order valence-corrected chi connectivity index (χ1v) is 9.29. The minimum Gasteiger partial charge on any atom is -0.354 e. The Kier molecular flexibility index (Phi) is 6.01. The van der Waals surface area contributed by atoms with E-state index in [-0.39, 0.29) is 17.6 Å². The van der Waals surface area contributed by atoms with Crippen LogP contribution in [-0.2, 0) is 4.79 Å². The van der Waals surface area contributed by atoms with Crippen molar-refractivity contribution in [1.82, 2.24) is 14.9 Å². The molecule has 1 fully saturated rings. The second-order valence-electron chi connectivity index (χ2n) is 7.20. The Morgan fingerprint density at radius 2 is 1.93 bits per heavy atom. The highest BCUT2D eigenvalue weighted by atomic mass is 19.1. The Bertz CT molecular complexity index is 803. The SMILES string of the molecule is Cc1cc(N2CCN(CC(=O)Nc3cccc(F)c3)CC2)nc(C(C)C)n1. The maximum absolute atomic E-state index is 13.2. The zero-order valence-electron chi connectivity index (χ0n) is 16.1. The van der Waals surface area contributed by atoms with E-state index in [1.807, 2.05) is 13.0 Å². The third-order valence-electron chi connectivity index (χ3n) is 4.55. The van der Waals surface area contributed by atoms with Crippen molar-refractivity contribution >= 4 is 17.4 Å². The molecular formula is C20H26FN5O. The van der Waals surface area contributed by atoms with Gasteiger partial charge in [-0.3, -0.25) is 9.69 Å². The number of piperazine rings is 1. The van der Waals surface area contributed by atoms with Crippen molar-refractivity contribution in [3.05, 3.63) is 47.7 Å². The largest absolute Gasteiger partial charge is 0.354 e. The van der Waals surface area contributed by atoms with E-state index in [1.54, 1.807) is 12.1 Å². The molecular weight excluding hydrogens is 345 g/mol. The first kappa shape index (κ1) is 19.2. The molecule has 2 heterocycles. The molecule has 0 unspecified atom stereocenters. The van der Waals surface area contributed by atoms with Crippen LogP contribution in [0.2, 0.25) is 0 Å². The minimum atomic E-state index is -0.359. The van der Waals surface area contributed by atoms with Crippen LogP contribution in [0.3, 0.4) is 0 Å². The number of hydrogen-bond donors (Lipinski definition) is 1. The van der Waals surface area contributed by atoms with Crippen LogP contribution >= 0.6 is 0 Å². The molecule has 1 N–H and O–H groups in total. The van der Waals surface area contributed by atoms with E-state index in [0.717, 1.165) is 43.5 Å². The van der Waals surface area contributed by atoms with Gasteiger partial charge in [0.05, 0.1) is 6.54 Å². The highest BCUT2D eigenvalue weighted by Gasteiger charge is 2.21. The van der Waals surface area contributed by atoms with E-state index in [0.29, 0.717) is 12.2 Å². The molecule has 144 valence electrons. The second-order valence-corrected chi connectivity index (χ2v) is 7.20. The summed E-state index contributed by atoms with van der Waals surface area (Å²) in [6.07, 6.45) is 0. The molecule has 6 nitrogen and oxygen atoms in total. The quantitative estimate of drug-likeness (QED) is 0.876. The van der Waals surface area contributed by atoms with Crippen molar-refractivity contribution in [2.45, 2.75) is 26.7 Å². The predicted molar refractivity (Wildman–Crippen MR) is 105 cm³/mol. The van der Waals surface area contributed by atoms with E-state index in [1.165, 1.54) is 12.1 Å². The van der Waals surface area contributed by atoms with Gasteiger partial charge in [0.25, 0.3) is 0 Å². The number of aromatic nitrogens is 2. The van der Waals surface area contributed by atoms with Crippen LogP contribution in [0.25, 0.3) is 0 Å². The highest BCUT2D eigenvalue weighted by molar-refractivity contribution is 5.92. The predicted octanol–water partition coefficient (Wildman–Crippen LogP) is 2.81. The van der Waals surface area contributed by atoms with Gasteiger partial charge in [-0.25, -0.2) is 14.4 Å². The Labute approximate surface area is 159 Å². The maximum Gasteiger partial charge on any atom is 0.238 e. The number of anilines is 2. The van der Waals surface area contributed by atoms with Crippen molar-refractivity contribution in [1.29, 1.82) is 0 Å². The summed E-state index contributed by atoms with van der Waals surface area (Å²) >= 11 is 0. The molecule has 0 radical (unpaired) electrons. The standard InChI is InChI=1S/C20H26FN5O/c1-14(2)20-22-15(3)11-18(24-20)26-9-7-25(8-10-26)13-19(27)23-17-6-4-5-16(21)12-17/h4-6,11-12,14H,7-10,13H2,1-3H3,(H,23,27). The highest BCUT2D eigenvalue weighted by Crippen LogP contribution is 2.18. The molecule has 27 heavy (non-hydrogen) atoms. The molecule has 0 spiro atoms. The lowest BCUT2D eigenvalue weighted by atomic mass is 10.2. The lowest BCUT2D eigenvalue weighted by Crippen LogP contribution is -2.49. The molecule has 2 aromatic rings. The summed E-state index contributed by atoms with van der Waals surface area (Å²) < 4.78 is 13.2. The third-order valence-corrected chi connectivity index (χ3v) is 4.55. The van der Waals surface area contributed by atoms with Crippen LogP contribution in [0.4, 0.5) is 15.9 Å². The van der Waals surface area contributed by atoms with Crippen molar-refractivity contribution in [3.63, 3.8) is 0 Å². The molecule has 3 rings (SSSR count). The monoisotopic (exact) mass is 371 g/mol. The Morgan fingerprint density at radius 1 is 1.19 bits per heavy atom. The molecule has 0 bridgehead atoms. The van der Waals surface area contributed by atoms with E-state index in [9.17, 15) is 9.18 Å². The first-order chi connectivity index (χ1) is 12.9. The van der Waals surface area contributed by atoms with Crippen LogP contribution in [0, 0.1) is 12.7 Å². The fourth-order valence-electron chi connectivity index (χ4n) is 3.10. The maximum atomic E-state index is 13.2. The smallest absolute Gasteiger partial charge is 0.238 e. The summed E-state index contributed by atoms with van der Waals surface area (Å²) in [6.45, 7) is 9.63. The molecule has 1 aliphatic rings. The van der Waals surface area contributed by atoms with Crippen LogP contribution in [-0.4, -0.2) is 53.5 Å². The van der Waals surface area contributed by atoms with E-state index >= 15 is 0 Å². The average molecular weight is 371 g/mol. The average Bonchev–Trinajstić information content (AvgIpc) is 2.61. The van der Waals surface area contributed by atoms with Crippen LogP contribution in [0.1, 0.15) is 31.3 Å². The third kappa shape index (κ3) is 5.23. The fraction of sp³-hybridized carbons (Fsp3) is 0.450. The number of benzene rings is 1. The molecule has 1 aliphatic heterocycles. The van der Waals surface area contributed by atoms with Gasteiger partial charge in [0.1, 0.15) is 17.5 Å². The minimum absolute atomic E-state index is 0.131. The topological polar surface area (TPSA) is 61.4 Å². The van der Waals surface area contributed by atoms with Crippen molar-refractivity contribution in [3.8, 4) is 0 Å². The number of nitrogens with one attached hydrogen (secondary N) is 1. The summed E-state index contributed by atoms with van der Waals surface area (Å²) in [6, 6.07) is 7.95. The van der Waals surface area contributed by atoms with Gasteiger partial charge < -0.3 is 10.2 Å². The van der Waals surface area contributed by atoms with Crippen LogP contribution < -0.4 is 10.2 Å². The van der Waals surface area contributed by atoms with Crippen molar-refractivity contribution in [2.24, 2.45) is 0 Å². The summed E-state index contributed by atoms with van der Waals surface area (Å²) in [5, 5.41) is 2.75. The van der Waals surface area contributed by atoms with Gasteiger partial charge in [-0.15, -0.1) is 0 Å². The fourth-order valence-corrected chi connectivity index (χ4v) is 3.10. The van der Waals surface area contributed by atoms with Gasteiger partial charge >= 0.3 is 0 Å². The molecule has 7 heteroatoms. The number of halogens is 1. The molecule has 1 amide bonds.